The Morgan fingerprint density at radius 3 is 2.84 bits per heavy atom. The monoisotopic (exact) mass is 283 g/mol. The van der Waals surface area contributed by atoms with Crippen LogP contribution in [-0.4, -0.2) is 9.97 Å². The van der Waals surface area contributed by atoms with Gasteiger partial charge in [-0.1, -0.05) is 12.1 Å². The number of thiazole rings is 1. The molecule has 2 heterocycles. The van der Waals surface area contributed by atoms with Crippen molar-refractivity contribution >= 4 is 33.3 Å². The summed E-state index contributed by atoms with van der Waals surface area (Å²) in [5.41, 5.74) is 2.49. The average molecular weight is 283 g/mol. The fourth-order valence-corrected chi connectivity index (χ4v) is 3.83. The van der Waals surface area contributed by atoms with Crippen molar-refractivity contribution in [1.82, 2.24) is 9.97 Å². The molecule has 1 aromatic carbocycles. The third-order valence-corrected chi connectivity index (χ3v) is 4.54. The van der Waals surface area contributed by atoms with Gasteiger partial charge in [0.25, 0.3) is 0 Å². The van der Waals surface area contributed by atoms with Gasteiger partial charge >= 0.3 is 0 Å². The number of nitriles is 1. The highest BCUT2D eigenvalue weighted by Crippen LogP contribution is 2.33. The minimum atomic E-state index is 0.635. The maximum atomic E-state index is 8.97. The first-order valence-electron chi connectivity index (χ1n) is 5.67. The van der Waals surface area contributed by atoms with Gasteiger partial charge in [-0.25, -0.2) is 9.97 Å². The van der Waals surface area contributed by atoms with Crippen molar-refractivity contribution in [2.24, 2.45) is 0 Å². The standard InChI is InChI=1S/C14H9N3S2/c1-9-6-10(8-15)7-13(16-9)19-14-17-11-4-2-3-5-12(11)18-14/h2-7H,1H3. The second kappa shape index (κ2) is 5.00. The number of hydrogen-bond acceptors (Lipinski definition) is 5. The molecule has 19 heavy (non-hydrogen) atoms. The summed E-state index contributed by atoms with van der Waals surface area (Å²) >= 11 is 3.14. The summed E-state index contributed by atoms with van der Waals surface area (Å²) in [4.78, 5) is 8.98. The second-order valence-electron chi connectivity index (χ2n) is 4.00. The maximum absolute atomic E-state index is 8.97. The average Bonchev–Trinajstić information content (AvgIpc) is 2.80. The van der Waals surface area contributed by atoms with E-state index >= 15 is 0 Å². The zero-order valence-electron chi connectivity index (χ0n) is 10.1. The topological polar surface area (TPSA) is 49.6 Å². The molecule has 0 atom stereocenters. The molecule has 0 spiro atoms. The number of benzene rings is 1. The summed E-state index contributed by atoms with van der Waals surface area (Å²) in [6.07, 6.45) is 0. The van der Waals surface area contributed by atoms with Gasteiger partial charge in [0.15, 0.2) is 4.34 Å². The molecule has 0 aliphatic carbocycles. The molecule has 0 amide bonds. The lowest BCUT2D eigenvalue weighted by Crippen LogP contribution is -1.87. The highest BCUT2D eigenvalue weighted by molar-refractivity contribution is 8.01. The van der Waals surface area contributed by atoms with E-state index in [1.54, 1.807) is 23.5 Å². The molecule has 3 rings (SSSR count). The molecule has 0 fully saturated rings. The van der Waals surface area contributed by atoms with E-state index in [1.165, 1.54) is 11.8 Å². The zero-order chi connectivity index (χ0) is 13.2. The SMILES string of the molecule is Cc1cc(C#N)cc(Sc2nc3ccccc3s2)n1. The van der Waals surface area contributed by atoms with Crippen LogP contribution >= 0.6 is 23.1 Å². The zero-order valence-corrected chi connectivity index (χ0v) is 11.8. The van der Waals surface area contributed by atoms with Crippen LogP contribution in [0.5, 0.6) is 0 Å². The van der Waals surface area contributed by atoms with Crippen LogP contribution in [0, 0.1) is 18.3 Å². The van der Waals surface area contributed by atoms with Gasteiger partial charge in [-0.2, -0.15) is 5.26 Å². The number of para-hydroxylation sites is 1. The van der Waals surface area contributed by atoms with E-state index in [0.29, 0.717) is 5.56 Å². The summed E-state index contributed by atoms with van der Waals surface area (Å²) in [5.74, 6) is 0. The van der Waals surface area contributed by atoms with Crippen molar-refractivity contribution in [3.8, 4) is 6.07 Å². The van der Waals surface area contributed by atoms with Crippen molar-refractivity contribution in [1.29, 1.82) is 5.26 Å². The smallest absolute Gasteiger partial charge is 0.157 e. The number of rotatable bonds is 2. The predicted molar refractivity (Wildman–Crippen MR) is 77.4 cm³/mol. The molecule has 0 unspecified atom stereocenters. The Bertz CT molecular complexity index is 754. The van der Waals surface area contributed by atoms with Crippen LogP contribution in [0.15, 0.2) is 45.8 Å². The number of hydrogen-bond donors (Lipinski definition) is 0. The highest BCUT2D eigenvalue weighted by Gasteiger charge is 2.07. The van der Waals surface area contributed by atoms with Gasteiger partial charge in [-0.15, -0.1) is 11.3 Å². The van der Waals surface area contributed by atoms with Gasteiger partial charge in [-0.05, 0) is 43.0 Å². The molecule has 0 saturated heterocycles. The molecule has 2 aromatic heterocycles. The second-order valence-corrected chi connectivity index (χ2v) is 6.29. The molecule has 0 radical (unpaired) electrons. The van der Waals surface area contributed by atoms with E-state index in [-0.39, 0.29) is 0 Å². The summed E-state index contributed by atoms with van der Waals surface area (Å²) in [6, 6.07) is 13.8. The lowest BCUT2D eigenvalue weighted by molar-refractivity contribution is 1.05. The normalized spacial score (nSPS) is 10.5. The van der Waals surface area contributed by atoms with Gasteiger partial charge in [0.05, 0.1) is 21.8 Å². The lowest BCUT2D eigenvalue weighted by atomic mass is 10.2. The first kappa shape index (κ1) is 12.2. The van der Waals surface area contributed by atoms with Crippen LogP contribution in [0.3, 0.4) is 0 Å². The van der Waals surface area contributed by atoms with E-state index < -0.39 is 0 Å². The van der Waals surface area contributed by atoms with E-state index in [4.69, 9.17) is 5.26 Å². The van der Waals surface area contributed by atoms with Crippen LogP contribution in [0.1, 0.15) is 11.3 Å². The van der Waals surface area contributed by atoms with Gasteiger partial charge in [-0.3, -0.25) is 0 Å². The van der Waals surface area contributed by atoms with Gasteiger partial charge in [0.2, 0.25) is 0 Å². The third-order valence-electron chi connectivity index (χ3n) is 2.53. The van der Waals surface area contributed by atoms with Crippen LogP contribution < -0.4 is 0 Å². The molecule has 0 bridgehead atoms. The number of aromatic nitrogens is 2. The largest absolute Gasteiger partial charge is 0.246 e. The molecule has 0 saturated carbocycles. The highest BCUT2D eigenvalue weighted by atomic mass is 32.2. The molecule has 0 aliphatic rings. The number of pyridine rings is 1. The van der Waals surface area contributed by atoms with Gasteiger partial charge < -0.3 is 0 Å². The predicted octanol–water partition coefficient (Wildman–Crippen LogP) is 4.02. The Morgan fingerprint density at radius 2 is 2.05 bits per heavy atom. The van der Waals surface area contributed by atoms with Crippen molar-refractivity contribution in [3.63, 3.8) is 0 Å². The van der Waals surface area contributed by atoms with Crippen LogP contribution in [-0.2, 0) is 0 Å². The van der Waals surface area contributed by atoms with Crippen molar-refractivity contribution in [2.75, 3.05) is 0 Å². The van der Waals surface area contributed by atoms with Crippen molar-refractivity contribution < 1.29 is 0 Å². The van der Waals surface area contributed by atoms with E-state index in [1.807, 2.05) is 25.1 Å². The number of aryl methyl sites for hydroxylation is 1. The van der Waals surface area contributed by atoms with Crippen LogP contribution in [0.4, 0.5) is 0 Å². The molecular formula is C14H9N3S2. The molecule has 0 N–H and O–H groups in total. The fourth-order valence-electron chi connectivity index (χ4n) is 1.74. The summed E-state index contributed by atoms with van der Waals surface area (Å²) in [6.45, 7) is 1.89. The molecule has 5 heteroatoms. The van der Waals surface area contributed by atoms with E-state index in [0.717, 1.165) is 25.3 Å². The molecule has 0 aliphatic heterocycles. The first-order valence-corrected chi connectivity index (χ1v) is 7.30. The summed E-state index contributed by atoms with van der Waals surface area (Å²) < 4.78 is 2.11. The van der Waals surface area contributed by atoms with E-state index in [9.17, 15) is 0 Å². The Balaban J connectivity index is 1.96. The summed E-state index contributed by atoms with van der Waals surface area (Å²) in [7, 11) is 0. The van der Waals surface area contributed by atoms with Crippen molar-refractivity contribution in [2.45, 2.75) is 16.3 Å². The Kier molecular flexibility index (Phi) is 3.20. The molecule has 3 aromatic rings. The van der Waals surface area contributed by atoms with Crippen LogP contribution in [0.25, 0.3) is 10.2 Å². The lowest BCUT2D eigenvalue weighted by Gasteiger charge is -1.99. The number of fused-ring (bicyclic) bond motifs is 1. The van der Waals surface area contributed by atoms with Gasteiger partial charge in [0, 0.05) is 5.69 Å². The van der Waals surface area contributed by atoms with Crippen LogP contribution in [0.2, 0.25) is 0 Å². The third kappa shape index (κ3) is 2.60. The quantitative estimate of drug-likeness (QED) is 0.712. The number of nitrogens with zero attached hydrogens (tertiary/aromatic N) is 3. The Morgan fingerprint density at radius 1 is 1.21 bits per heavy atom. The molecular weight excluding hydrogens is 274 g/mol. The fraction of sp³-hybridized carbons (Fsp3) is 0.0714. The minimum Gasteiger partial charge on any atom is -0.246 e. The Hall–Kier alpha value is -1.90. The first-order chi connectivity index (χ1) is 9.24. The van der Waals surface area contributed by atoms with Crippen molar-refractivity contribution in [3.05, 3.63) is 47.7 Å². The maximum Gasteiger partial charge on any atom is 0.157 e. The van der Waals surface area contributed by atoms with Gasteiger partial charge in [0.1, 0.15) is 5.03 Å². The minimum absolute atomic E-state index is 0.635. The molecule has 3 nitrogen and oxygen atoms in total. The summed E-state index contributed by atoms with van der Waals surface area (Å²) in [5, 5.41) is 9.78. The Labute approximate surface area is 118 Å². The van der Waals surface area contributed by atoms with E-state index in [2.05, 4.69) is 22.1 Å². The molecule has 92 valence electrons.